The Balaban J connectivity index is 1.25. The molecule has 1 aliphatic carbocycles. The van der Waals surface area contributed by atoms with E-state index in [4.69, 9.17) is 14.2 Å². The van der Waals surface area contributed by atoms with Gasteiger partial charge in [-0.25, -0.2) is 0 Å². The standard InChI is InChI=1S/C11H20O3/c1(5-12-7-10-3-4-10)2-6-13-8-11-9-14-11/h10-11H,1-9H2/t11-/m0/s1. The first kappa shape index (κ1) is 10.4. The van der Waals surface area contributed by atoms with E-state index in [2.05, 4.69) is 0 Å². The normalized spacial score (nSPS) is 25.3. The van der Waals surface area contributed by atoms with Gasteiger partial charge in [0.1, 0.15) is 6.10 Å². The van der Waals surface area contributed by atoms with Crippen molar-refractivity contribution < 1.29 is 14.2 Å². The van der Waals surface area contributed by atoms with Crippen molar-refractivity contribution >= 4 is 0 Å². The van der Waals surface area contributed by atoms with E-state index in [0.717, 1.165) is 51.8 Å². The van der Waals surface area contributed by atoms with E-state index in [1.54, 1.807) is 0 Å². The van der Waals surface area contributed by atoms with Gasteiger partial charge >= 0.3 is 0 Å². The Labute approximate surface area is 85.7 Å². The number of epoxide rings is 1. The molecule has 3 nitrogen and oxygen atoms in total. The van der Waals surface area contributed by atoms with Crippen LogP contribution in [-0.2, 0) is 14.2 Å². The predicted octanol–water partition coefficient (Wildman–Crippen LogP) is 1.61. The summed E-state index contributed by atoms with van der Waals surface area (Å²) in [6.45, 7) is 4.41. The third-order valence-corrected chi connectivity index (χ3v) is 2.58. The summed E-state index contributed by atoms with van der Waals surface area (Å²) in [6.07, 6.45) is 5.39. The van der Waals surface area contributed by atoms with Crippen LogP contribution in [0.25, 0.3) is 0 Å². The summed E-state index contributed by atoms with van der Waals surface area (Å²) < 4.78 is 16.0. The van der Waals surface area contributed by atoms with Gasteiger partial charge in [-0.1, -0.05) is 0 Å². The highest BCUT2D eigenvalue weighted by molar-refractivity contribution is 4.71. The molecule has 2 rings (SSSR count). The van der Waals surface area contributed by atoms with Crippen LogP contribution in [0.2, 0.25) is 0 Å². The molecule has 1 saturated carbocycles. The lowest BCUT2D eigenvalue weighted by Gasteiger charge is -2.03. The molecule has 0 aromatic rings. The van der Waals surface area contributed by atoms with Crippen molar-refractivity contribution in [2.75, 3.05) is 33.0 Å². The van der Waals surface area contributed by atoms with Crippen molar-refractivity contribution in [3.63, 3.8) is 0 Å². The molecule has 14 heavy (non-hydrogen) atoms. The Morgan fingerprint density at radius 3 is 2.21 bits per heavy atom. The molecule has 1 saturated heterocycles. The van der Waals surface area contributed by atoms with Crippen molar-refractivity contribution in [1.29, 1.82) is 0 Å². The maximum absolute atomic E-state index is 5.52. The van der Waals surface area contributed by atoms with Crippen molar-refractivity contribution in [1.82, 2.24) is 0 Å². The van der Waals surface area contributed by atoms with Gasteiger partial charge in [-0.2, -0.15) is 0 Å². The van der Waals surface area contributed by atoms with Crippen LogP contribution in [0.4, 0.5) is 0 Å². The molecule has 0 aromatic heterocycles. The number of ether oxygens (including phenoxy) is 3. The van der Waals surface area contributed by atoms with E-state index in [0.29, 0.717) is 6.10 Å². The van der Waals surface area contributed by atoms with Gasteiger partial charge in [0.2, 0.25) is 0 Å². The number of hydrogen-bond acceptors (Lipinski definition) is 3. The number of hydrogen-bond donors (Lipinski definition) is 0. The highest BCUT2D eigenvalue weighted by Gasteiger charge is 2.22. The van der Waals surface area contributed by atoms with E-state index in [9.17, 15) is 0 Å². The lowest BCUT2D eigenvalue weighted by molar-refractivity contribution is 0.0911. The fourth-order valence-corrected chi connectivity index (χ4v) is 1.32. The van der Waals surface area contributed by atoms with Gasteiger partial charge in [-0.05, 0) is 31.6 Å². The van der Waals surface area contributed by atoms with Crippen LogP contribution in [-0.4, -0.2) is 39.1 Å². The van der Waals surface area contributed by atoms with E-state index in [1.165, 1.54) is 12.8 Å². The molecule has 3 heteroatoms. The molecule has 0 aromatic carbocycles. The molecule has 0 bridgehead atoms. The van der Waals surface area contributed by atoms with Crippen LogP contribution < -0.4 is 0 Å². The number of unbranched alkanes of at least 4 members (excludes halogenated alkanes) is 1. The summed E-state index contributed by atoms with van der Waals surface area (Å²) in [4.78, 5) is 0. The molecular formula is C11H20O3. The van der Waals surface area contributed by atoms with Gasteiger partial charge < -0.3 is 14.2 Å². The third-order valence-electron chi connectivity index (χ3n) is 2.58. The maximum Gasteiger partial charge on any atom is 0.104 e. The van der Waals surface area contributed by atoms with Crippen LogP contribution in [0.1, 0.15) is 25.7 Å². The van der Waals surface area contributed by atoms with E-state index >= 15 is 0 Å². The Kier molecular flexibility index (Phi) is 4.22. The average Bonchev–Trinajstić information content (AvgIpc) is 3.00. The van der Waals surface area contributed by atoms with Crippen molar-refractivity contribution in [2.24, 2.45) is 5.92 Å². The van der Waals surface area contributed by atoms with Crippen LogP contribution in [0.3, 0.4) is 0 Å². The SMILES string of the molecule is C(CCOC[C@H]1CO1)COCC1CC1. The molecule has 1 atom stereocenters. The van der Waals surface area contributed by atoms with Crippen molar-refractivity contribution in [3.8, 4) is 0 Å². The molecule has 0 radical (unpaired) electrons. The maximum atomic E-state index is 5.52. The second-order valence-corrected chi connectivity index (χ2v) is 4.26. The second-order valence-electron chi connectivity index (χ2n) is 4.26. The lowest BCUT2D eigenvalue weighted by Crippen LogP contribution is -2.04. The summed E-state index contributed by atoms with van der Waals surface area (Å²) in [5.41, 5.74) is 0. The van der Waals surface area contributed by atoms with E-state index in [-0.39, 0.29) is 0 Å². The molecule has 2 aliphatic rings. The van der Waals surface area contributed by atoms with Gasteiger partial charge in [0.15, 0.2) is 0 Å². The summed E-state index contributed by atoms with van der Waals surface area (Å²) in [5.74, 6) is 0.887. The van der Waals surface area contributed by atoms with Crippen LogP contribution >= 0.6 is 0 Å². The van der Waals surface area contributed by atoms with Crippen LogP contribution in [0.15, 0.2) is 0 Å². The highest BCUT2D eigenvalue weighted by atomic mass is 16.6. The Morgan fingerprint density at radius 1 is 1.00 bits per heavy atom. The molecule has 1 heterocycles. The smallest absolute Gasteiger partial charge is 0.104 e. The minimum atomic E-state index is 0.404. The van der Waals surface area contributed by atoms with Gasteiger partial charge in [-0.15, -0.1) is 0 Å². The quantitative estimate of drug-likeness (QED) is 0.418. The second kappa shape index (κ2) is 5.69. The molecule has 0 amide bonds. The number of rotatable bonds is 9. The van der Waals surface area contributed by atoms with E-state index < -0.39 is 0 Å². The molecular weight excluding hydrogens is 180 g/mol. The predicted molar refractivity (Wildman–Crippen MR) is 53.3 cm³/mol. The first-order chi connectivity index (χ1) is 6.95. The molecule has 0 spiro atoms. The monoisotopic (exact) mass is 200 g/mol. The first-order valence-electron chi connectivity index (χ1n) is 5.72. The average molecular weight is 200 g/mol. The Hall–Kier alpha value is -0.120. The third kappa shape index (κ3) is 4.94. The minimum absolute atomic E-state index is 0.404. The molecule has 0 N–H and O–H groups in total. The Morgan fingerprint density at radius 2 is 1.64 bits per heavy atom. The summed E-state index contributed by atoms with van der Waals surface area (Å²) in [7, 11) is 0. The fraction of sp³-hybridized carbons (Fsp3) is 1.00. The van der Waals surface area contributed by atoms with E-state index in [1.807, 2.05) is 0 Å². The largest absolute Gasteiger partial charge is 0.381 e. The van der Waals surface area contributed by atoms with Crippen molar-refractivity contribution in [2.45, 2.75) is 31.8 Å². The summed E-state index contributed by atoms with van der Waals surface area (Å²) >= 11 is 0. The molecule has 82 valence electrons. The molecule has 0 unspecified atom stereocenters. The first-order valence-corrected chi connectivity index (χ1v) is 5.72. The Bertz CT molecular complexity index is 135. The highest BCUT2D eigenvalue weighted by Crippen LogP contribution is 2.28. The van der Waals surface area contributed by atoms with Gasteiger partial charge in [-0.3, -0.25) is 0 Å². The van der Waals surface area contributed by atoms with Gasteiger partial charge in [0.05, 0.1) is 13.2 Å². The van der Waals surface area contributed by atoms with Gasteiger partial charge in [0, 0.05) is 19.8 Å². The fourth-order valence-electron chi connectivity index (χ4n) is 1.32. The molecule has 1 aliphatic heterocycles. The topological polar surface area (TPSA) is 31.0 Å². The van der Waals surface area contributed by atoms with Gasteiger partial charge in [0.25, 0.3) is 0 Å². The lowest BCUT2D eigenvalue weighted by atomic mass is 10.3. The zero-order chi connectivity index (χ0) is 9.64. The zero-order valence-electron chi connectivity index (χ0n) is 8.74. The summed E-state index contributed by atoms with van der Waals surface area (Å²) in [6, 6.07) is 0. The minimum Gasteiger partial charge on any atom is -0.381 e. The van der Waals surface area contributed by atoms with Crippen LogP contribution in [0.5, 0.6) is 0 Å². The summed E-state index contributed by atoms with van der Waals surface area (Å²) in [5, 5.41) is 0. The van der Waals surface area contributed by atoms with Crippen molar-refractivity contribution in [3.05, 3.63) is 0 Å². The molecule has 2 fully saturated rings. The van der Waals surface area contributed by atoms with Crippen LogP contribution in [0, 0.1) is 5.92 Å². The zero-order valence-corrected chi connectivity index (χ0v) is 8.74.